The summed E-state index contributed by atoms with van der Waals surface area (Å²) in [6, 6.07) is 15.5. The third kappa shape index (κ3) is 16.9. The molecule has 4 fully saturated rings. The zero-order chi connectivity index (χ0) is 29.7. The van der Waals surface area contributed by atoms with Crippen LogP contribution in [0.4, 0.5) is 0 Å². The fraction of sp³-hybridized carbons (Fsp3) is 0.103. The number of rotatable bonds is 0. The molecule has 0 saturated heterocycles. The van der Waals surface area contributed by atoms with Crippen LogP contribution in [0.3, 0.4) is 0 Å². The van der Waals surface area contributed by atoms with E-state index in [1.807, 2.05) is 183 Å². The van der Waals surface area contributed by atoms with Crippen molar-refractivity contribution in [3.05, 3.63) is 211 Å². The molecular weight excluding hydrogens is 699 g/mol. The smallest absolute Gasteiger partial charge is 0.119 e. The molecule has 6 aliphatic carbocycles. The number of aliphatic hydroxyl groups excluding tert-OH is 3. The molecule has 1 atom stereocenters. The summed E-state index contributed by atoms with van der Waals surface area (Å²) in [6.07, 6.45) is 43.6. The van der Waals surface area contributed by atoms with Gasteiger partial charge in [0, 0.05) is 58.0 Å². The fourth-order valence-electron chi connectivity index (χ4n) is 4.14. The molecule has 0 heterocycles. The zero-order valence-corrected chi connectivity index (χ0v) is 29.7. The van der Waals surface area contributed by atoms with Gasteiger partial charge in [-0.1, -0.05) is 36.8 Å². The molecule has 0 bridgehead atoms. The molecular formula is C39H39O3Zr2-. The zero-order valence-electron chi connectivity index (χ0n) is 24.8. The first kappa shape index (κ1) is 41.6. The number of aryl methyl sites for hydroxylation is 1. The predicted molar refractivity (Wildman–Crippen MR) is 172 cm³/mol. The van der Waals surface area contributed by atoms with Gasteiger partial charge in [-0.05, 0) is 159 Å². The monoisotopic (exact) mass is 735 g/mol. The molecule has 2 aromatic rings. The van der Waals surface area contributed by atoms with Crippen LogP contribution in [0, 0.1) is 135 Å². The Balaban J connectivity index is 0.000000273. The van der Waals surface area contributed by atoms with Crippen LogP contribution < -0.4 is 0 Å². The Hall–Kier alpha value is -0.464. The average molecular weight is 738 g/mol. The second kappa shape index (κ2) is 26.6. The van der Waals surface area contributed by atoms with Gasteiger partial charge in [-0.2, -0.15) is 11.6 Å². The maximum Gasteiger partial charge on any atom is 0.119 e. The van der Waals surface area contributed by atoms with Crippen molar-refractivity contribution in [2.24, 2.45) is 0 Å². The third-order valence-electron chi connectivity index (χ3n) is 6.33. The molecule has 3 nitrogen and oxygen atoms in total. The van der Waals surface area contributed by atoms with Gasteiger partial charge in [0.25, 0.3) is 0 Å². The molecule has 20 radical (unpaired) electrons. The van der Waals surface area contributed by atoms with Crippen LogP contribution in [-0.2, 0) is 65.2 Å². The first-order valence-corrected chi connectivity index (χ1v) is 14.1. The summed E-state index contributed by atoms with van der Waals surface area (Å²) < 4.78 is 0. The standard InChI is InChI=1S/C10H11O2.C9H8O.4C5H5.2Zr/c11-9-6-5-7-3-1-2-4-8(7)10(9)12;10-9-6-5-7-3-1-2-4-8(7)9;4*1-2-4-5-3-1;;/h1-4,9,11-12H,5-6H2;1-4,6,10H,5H2;4*1-5H;;/q-1;;;;;;;. The maximum absolute atomic E-state index is 9.50. The molecule has 8 rings (SSSR count). The number of aliphatic hydroxyl groups is 3. The van der Waals surface area contributed by atoms with Crippen LogP contribution in [0.25, 0.3) is 5.76 Å². The first-order valence-electron chi connectivity index (χ1n) is 14.1. The van der Waals surface area contributed by atoms with Crippen LogP contribution in [0.1, 0.15) is 28.7 Å². The Bertz CT molecular complexity index is 922. The van der Waals surface area contributed by atoms with Crippen molar-refractivity contribution in [1.29, 1.82) is 0 Å². The van der Waals surface area contributed by atoms with Gasteiger partial charge in [0.05, 0.1) is 6.10 Å². The van der Waals surface area contributed by atoms with E-state index in [1.165, 1.54) is 5.56 Å². The van der Waals surface area contributed by atoms with Gasteiger partial charge in [-0.15, -0.1) is 17.7 Å². The molecule has 0 spiro atoms. The Morgan fingerprint density at radius 2 is 0.886 bits per heavy atom. The minimum absolute atomic E-state index is 0. The van der Waals surface area contributed by atoms with Gasteiger partial charge in [0.2, 0.25) is 0 Å². The van der Waals surface area contributed by atoms with Gasteiger partial charge >= 0.3 is 0 Å². The maximum atomic E-state index is 9.50. The summed E-state index contributed by atoms with van der Waals surface area (Å²) in [5.41, 5.74) is 4.14. The van der Waals surface area contributed by atoms with Crippen molar-refractivity contribution in [3.63, 3.8) is 0 Å². The summed E-state index contributed by atoms with van der Waals surface area (Å²) in [6.45, 7) is 0. The van der Waals surface area contributed by atoms with Crippen LogP contribution >= 0.6 is 0 Å². The van der Waals surface area contributed by atoms with Crippen LogP contribution in [0.2, 0.25) is 0 Å². The van der Waals surface area contributed by atoms with Gasteiger partial charge in [0.15, 0.2) is 0 Å². The molecule has 0 amide bonds. The number of hydrogen-bond acceptors (Lipinski definition) is 3. The van der Waals surface area contributed by atoms with Gasteiger partial charge in [-0.25, -0.2) is 0 Å². The normalized spacial score (nSPS) is 20.3. The molecule has 44 heavy (non-hydrogen) atoms. The fourth-order valence-corrected chi connectivity index (χ4v) is 4.14. The Morgan fingerprint density at radius 3 is 1.30 bits per heavy atom. The number of hydrogen-bond donors (Lipinski definition) is 3. The number of fused-ring (bicyclic) bond motifs is 2. The minimum Gasteiger partial charge on any atom is -0.508 e. The van der Waals surface area contributed by atoms with Crippen LogP contribution in [0.15, 0.2) is 54.6 Å². The van der Waals surface area contributed by atoms with Crippen molar-refractivity contribution in [2.75, 3.05) is 0 Å². The molecule has 1 unspecified atom stereocenters. The van der Waals surface area contributed by atoms with E-state index < -0.39 is 6.10 Å². The van der Waals surface area contributed by atoms with E-state index in [0.717, 1.165) is 29.5 Å². The largest absolute Gasteiger partial charge is 0.508 e. The van der Waals surface area contributed by atoms with Gasteiger partial charge < -0.3 is 15.3 Å². The van der Waals surface area contributed by atoms with Gasteiger partial charge in [-0.3, -0.25) is 0 Å². The minimum atomic E-state index is -0.667. The summed E-state index contributed by atoms with van der Waals surface area (Å²) in [5, 5.41) is 28.1. The first-order chi connectivity index (χ1) is 20.7. The van der Waals surface area contributed by atoms with Crippen molar-refractivity contribution >= 4 is 5.76 Å². The van der Waals surface area contributed by atoms with Crippen molar-refractivity contribution in [3.8, 4) is 0 Å². The molecule has 3 N–H and O–H groups in total. The molecule has 2 aromatic carbocycles. The van der Waals surface area contributed by atoms with Gasteiger partial charge in [0.1, 0.15) is 5.76 Å². The van der Waals surface area contributed by atoms with E-state index in [9.17, 15) is 15.3 Å². The summed E-state index contributed by atoms with van der Waals surface area (Å²) >= 11 is 0. The molecule has 5 heteroatoms. The Labute approximate surface area is 308 Å². The van der Waals surface area contributed by atoms with Crippen molar-refractivity contribution < 1.29 is 67.7 Å². The third-order valence-corrected chi connectivity index (χ3v) is 6.33. The molecule has 0 aromatic heterocycles. The van der Waals surface area contributed by atoms with Crippen LogP contribution in [0.5, 0.6) is 0 Å². The average Bonchev–Trinajstić information content (AvgIpc) is 3.88. The molecule has 0 aliphatic heterocycles. The van der Waals surface area contributed by atoms with Crippen molar-refractivity contribution in [2.45, 2.75) is 25.4 Å². The number of benzene rings is 2. The van der Waals surface area contributed by atoms with E-state index in [4.69, 9.17) is 0 Å². The summed E-state index contributed by atoms with van der Waals surface area (Å²) in [7, 11) is 0. The van der Waals surface area contributed by atoms with Crippen LogP contribution in [-0.4, -0.2) is 21.4 Å². The second-order valence-corrected chi connectivity index (χ2v) is 9.40. The van der Waals surface area contributed by atoms with Crippen molar-refractivity contribution in [1.82, 2.24) is 0 Å². The summed E-state index contributed by atoms with van der Waals surface area (Å²) in [4.78, 5) is 0. The van der Waals surface area contributed by atoms with E-state index in [-0.39, 0.29) is 58.5 Å². The quantitative estimate of drug-likeness (QED) is 0.246. The Kier molecular flexibility index (Phi) is 25.1. The Morgan fingerprint density at radius 1 is 0.523 bits per heavy atom. The SMILES string of the molecule is OC1=CCc2ccccc21.O[C-]1c2ccccc2CCC1O.[CH]1[CH][CH][CH][CH]1.[CH]1[CH][CH][CH][CH]1.[CH]1[CH][CH][CH][CH]1.[CH]1[CH][CH][CH][CH]1.[Zr].[Zr]. The van der Waals surface area contributed by atoms with E-state index in [2.05, 4.69) is 0 Å². The topological polar surface area (TPSA) is 60.7 Å². The number of allylic oxidation sites excluding steroid dienone is 1. The van der Waals surface area contributed by atoms with E-state index >= 15 is 0 Å². The predicted octanol–water partition coefficient (Wildman–Crippen LogP) is 7.47. The summed E-state index contributed by atoms with van der Waals surface area (Å²) in [5.74, 6) is 0.426. The molecule has 4 saturated carbocycles. The van der Waals surface area contributed by atoms with E-state index in [1.54, 1.807) is 0 Å². The molecule has 6 aliphatic rings. The second-order valence-electron chi connectivity index (χ2n) is 9.40. The molecule has 222 valence electrons. The van der Waals surface area contributed by atoms with E-state index in [0.29, 0.717) is 12.2 Å².